The van der Waals surface area contributed by atoms with Gasteiger partial charge in [-0.3, -0.25) is 14.5 Å². The van der Waals surface area contributed by atoms with Gasteiger partial charge in [-0.1, -0.05) is 19.8 Å². The van der Waals surface area contributed by atoms with Crippen LogP contribution in [0.5, 0.6) is 0 Å². The van der Waals surface area contributed by atoms with Crippen molar-refractivity contribution in [2.45, 2.75) is 70.9 Å². The Morgan fingerprint density at radius 2 is 2.00 bits per heavy atom. The fraction of sp³-hybridized carbons (Fsp3) is 0.875. The van der Waals surface area contributed by atoms with Gasteiger partial charge in [0, 0.05) is 12.6 Å². The average molecular weight is 296 g/mol. The van der Waals surface area contributed by atoms with Gasteiger partial charge in [0.2, 0.25) is 5.91 Å². The Labute approximate surface area is 127 Å². The predicted molar refractivity (Wildman–Crippen MR) is 81.0 cm³/mol. The molecule has 0 aromatic heterocycles. The Hall–Kier alpha value is -1.10. The molecule has 0 spiro atoms. The summed E-state index contributed by atoms with van der Waals surface area (Å²) in [7, 11) is 0. The van der Waals surface area contributed by atoms with Gasteiger partial charge >= 0.3 is 5.97 Å². The molecule has 5 heteroatoms. The van der Waals surface area contributed by atoms with Crippen molar-refractivity contribution < 1.29 is 14.7 Å². The Balaban J connectivity index is 1.96. The van der Waals surface area contributed by atoms with Crippen molar-refractivity contribution in [3.8, 4) is 0 Å². The summed E-state index contributed by atoms with van der Waals surface area (Å²) in [6.45, 7) is 5.13. The molecule has 1 heterocycles. The number of hydrogen-bond acceptors (Lipinski definition) is 3. The molecule has 120 valence electrons. The number of nitrogens with zero attached hydrogens (tertiary/aromatic N) is 1. The molecule has 2 N–H and O–H groups in total. The van der Waals surface area contributed by atoms with E-state index in [1.165, 1.54) is 12.8 Å². The third-order valence-electron chi connectivity index (χ3n) is 5.37. The van der Waals surface area contributed by atoms with Crippen molar-refractivity contribution in [2.24, 2.45) is 5.41 Å². The van der Waals surface area contributed by atoms with Gasteiger partial charge < -0.3 is 10.4 Å². The highest BCUT2D eigenvalue weighted by atomic mass is 16.4. The minimum atomic E-state index is -0.724. The Bertz CT molecular complexity index is 393. The molecule has 0 bridgehead atoms. The van der Waals surface area contributed by atoms with Crippen LogP contribution in [0.2, 0.25) is 0 Å². The minimum absolute atomic E-state index is 0.0548. The van der Waals surface area contributed by atoms with Crippen LogP contribution in [-0.4, -0.2) is 47.1 Å². The molecule has 21 heavy (non-hydrogen) atoms. The van der Waals surface area contributed by atoms with Gasteiger partial charge in [-0.05, 0) is 45.6 Å². The monoisotopic (exact) mass is 296 g/mol. The lowest BCUT2D eigenvalue weighted by molar-refractivity contribution is -0.154. The molecule has 0 radical (unpaired) electrons. The highest BCUT2D eigenvalue weighted by molar-refractivity contribution is 5.82. The van der Waals surface area contributed by atoms with Crippen LogP contribution in [-0.2, 0) is 9.59 Å². The molecule has 2 aliphatic rings. The minimum Gasteiger partial charge on any atom is -0.481 e. The van der Waals surface area contributed by atoms with Crippen molar-refractivity contribution >= 4 is 11.9 Å². The standard InChI is InChI=1S/C16H28N2O3/c1-3-16(15(20)21)9-6-10-18(11-16)12(2)14(19)17-13-7-4-5-8-13/h12-13H,3-11H2,1-2H3,(H,17,19)(H,20,21). The predicted octanol–water partition coefficient (Wildman–Crippen LogP) is 2.01. The van der Waals surface area contributed by atoms with E-state index >= 15 is 0 Å². The summed E-state index contributed by atoms with van der Waals surface area (Å²) in [5, 5.41) is 12.7. The Morgan fingerprint density at radius 3 is 2.57 bits per heavy atom. The van der Waals surface area contributed by atoms with E-state index in [0.717, 1.165) is 25.8 Å². The van der Waals surface area contributed by atoms with Crippen molar-refractivity contribution in [3.05, 3.63) is 0 Å². The summed E-state index contributed by atoms with van der Waals surface area (Å²) in [4.78, 5) is 26.0. The van der Waals surface area contributed by atoms with Crippen LogP contribution < -0.4 is 5.32 Å². The van der Waals surface area contributed by atoms with Crippen LogP contribution in [0.25, 0.3) is 0 Å². The average Bonchev–Trinajstić information content (AvgIpc) is 2.99. The molecule has 1 saturated heterocycles. The summed E-state index contributed by atoms with van der Waals surface area (Å²) < 4.78 is 0. The second-order valence-electron chi connectivity index (χ2n) is 6.68. The van der Waals surface area contributed by atoms with Crippen LogP contribution in [0.4, 0.5) is 0 Å². The molecule has 5 nitrogen and oxygen atoms in total. The van der Waals surface area contributed by atoms with E-state index in [1.807, 2.05) is 18.7 Å². The van der Waals surface area contributed by atoms with Crippen LogP contribution in [0, 0.1) is 5.41 Å². The maximum Gasteiger partial charge on any atom is 0.310 e. The van der Waals surface area contributed by atoms with E-state index in [9.17, 15) is 14.7 Å². The fourth-order valence-electron chi connectivity index (χ4n) is 3.67. The van der Waals surface area contributed by atoms with Gasteiger partial charge in [0.25, 0.3) is 0 Å². The molecule has 1 aliphatic heterocycles. The molecule has 1 amide bonds. The molecular formula is C16H28N2O3. The highest BCUT2D eigenvalue weighted by Crippen LogP contribution is 2.34. The van der Waals surface area contributed by atoms with Gasteiger partial charge in [-0.15, -0.1) is 0 Å². The second-order valence-corrected chi connectivity index (χ2v) is 6.68. The third-order valence-corrected chi connectivity index (χ3v) is 5.37. The molecule has 2 unspecified atom stereocenters. The third kappa shape index (κ3) is 3.57. The largest absolute Gasteiger partial charge is 0.481 e. The molecule has 1 aliphatic carbocycles. The number of carboxylic acids is 1. The number of piperidine rings is 1. The zero-order chi connectivity index (χ0) is 15.5. The van der Waals surface area contributed by atoms with Crippen molar-refractivity contribution in [1.29, 1.82) is 0 Å². The van der Waals surface area contributed by atoms with Gasteiger partial charge in [0.05, 0.1) is 11.5 Å². The molecule has 2 fully saturated rings. The summed E-state index contributed by atoms with van der Waals surface area (Å²) in [6, 6.07) is 0.0799. The zero-order valence-electron chi connectivity index (χ0n) is 13.2. The van der Waals surface area contributed by atoms with Gasteiger partial charge in [0.1, 0.15) is 0 Å². The molecule has 0 aromatic carbocycles. The first kappa shape index (κ1) is 16.3. The Kier molecular flexibility index (Phi) is 5.25. The number of hydrogen-bond donors (Lipinski definition) is 2. The summed E-state index contributed by atoms with van der Waals surface area (Å²) in [6.07, 6.45) is 6.73. The summed E-state index contributed by atoms with van der Waals surface area (Å²) in [5.74, 6) is -0.669. The number of nitrogens with one attached hydrogen (secondary N) is 1. The van der Waals surface area contributed by atoms with Crippen molar-refractivity contribution in [1.82, 2.24) is 10.2 Å². The van der Waals surface area contributed by atoms with E-state index < -0.39 is 11.4 Å². The number of rotatable bonds is 5. The number of amides is 1. The topological polar surface area (TPSA) is 69.6 Å². The first-order valence-corrected chi connectivity index (χ1v) is 8.26. The number of carbonyl (C=O) groups is 2. The van der Waals surface area contributed by atoms with E-state index in [0.29, 0.717) is 25.4 Å². The first-order valence-electron chi connectivity index (χ1n) is 8.26. The van der Waals surface area contributed by atoms with Crippen LogP contribution >= 0.6 is 0 Å². The Morgan fingerprint density at radius 1 is 1.33 bits per heavy atom. The molecule has 2 rings (SSSR count). The van der Waals surface area contributed by atoms with Crippen LogP contribution in [0.1, 0.15) is 58.8 Å². The zero-order valence-corrected chi connectivity index (χ0v) is 13.2. The molecule has 2 atom stereocenters. The lowest BCUT2D eigenvalue weighted by Gasteiger charge is -2.41. The maximum atomic E-state index is 12.4. The van der Waals surface area contributed by atoms with E-state index in [1.54, 1.807) is 0 Å². The number of likely N-dealkylation sites (tertiary alicyclic amines) is 1. The number of carboxylic acid groups (broad SMARTS) is 1. The van der Waals surface area contributed by atoms with Crippen molar-refractivity contribution in [2.75, 3.05) is 13.1 Å². The number of aliphatic carboxylic acids is 1. The molecular weight excluding hydrogens is 268 g/mol. The number of carbonyl (C=O) groups excluding carboxylic acids is 1. The SMILES string of the molecule is CCC1(C(=O)O)CCCN(C(C)C(=O)NC2CCCC2)C1. The van der Waals surface area contributed by atoms with Crippen LogP contribution in [0.15, 0.2) is 0 Å². The lowest BCUT2D eigenvalue weighted by Crippen LogP contribution is -2.55. The first-order chi connectivity index (χ1) is 9.98. The van der Waals surface area contributed by atoms with E-state index in [-0.39, 0.29) is 11.9 Å². The van der Waals surface area contributed by atoms with E-state index in [2.05, 4.69) is 5.32 Å². The molecule has 1 saturated carbocycles. The van der Waals surface area contributed by atoms with Gasteiger partial charge in [0.15, 0.2) is 0 Å². The van der Waals surface area contributed by atoms with E-state index in [4.69, 9.17) is 0 Å². The summed E-state index contributed by atoms with van der Waals surface area (Å²) in [5.41, 5.74) is -0.680. The lowest BCUT2D eigenvalue weighted by atomic mass is 9.77. The maximum absolute atomic E-state index is 12.4. The fourth-order valence-corrected chi connectivity index (χ4v) is 3.67. The van der Waals surface area contributed by atoms with Crippen LogP contribution in [0.3, 0.4) is 0 Å². The quantitative estimate of drug-likeness (QED) is 0.814. The highest BCUT2D eigenvalue weighted by Gasteiger charge is 2.42. The van der Waals surface area contributed by atoms with Gasteiger partial charge in [-0.25, -0.2) is 0 Å². The second kappa shape index (κ2) is 6.77. The smallest absolute Gasteiger partial charge is 0.310 e. The normalized spacial score (nSPS) is 29.2. The molecule has 0 aromatic rings. The summed E-state index contributed by atoms with van der Waals surface area (Å²) >= 11 is 0. The van der Waals surface area contributed by atoms with Gasteiger partial charge in [-0.2, -0.15) is 0 Å². The van der Waals surface area contributed by atoms with Crippen molar-refractivity contribution in [3.63, 3.8) is 0 Å².